The molecule has 130 valence electrons. The monoisotopic (exact) mass is 344 g/mol. The zero-order valence-corrected chi connectivity index (χ0v) is 15.1. The van der Waals surface area contributed by atoms with Gasteiger partial charge in [-0.2, -0.15) is 5.10 Å². The maximum atomic E-state index is 4.91. The number of hydrogen-bond donors (Lipinski definition) is 0. The Morgan fingerprint density at radius 1 is 1.15 bits per heavy atom. The van der Waals surface area contributed by atoms with E-state index in [0.29, 0.717) is 0 Å². The van der Waals surface area contributed by atoms with Gasteiger partial charge in [0.05, 0.1) is 17.1 Å². The fraction of sp³-hybridized carbons (Fsp3) is 0.300. The molecule has 1 aliphatic rings. The van der Waals surface area contributed by atoms with Crippen LogP contribution < -0.4 is 0 Å². The predicted molar refractivity (Wildman–Crippen MR) is 99.1 cm³/mol. The molecule has 0 saturated carbocycles. The van der Waals surface area contributed by atoms with Crippen molar-refractivity contribution in [3.63, 3.8) is 0 Å². The Hall–Kier alpha value is -3.02. The van der Waals surface area contributed by atoms with Crippen LogP contribution in [0.25, 0.3) is 17.0 Å². The molecule has 0 radical (unpaired) electrons. The first kappa shape index (κ1) is 15.3. The van der Waals surface area contributed by atoms with Crippen LogP contribution in [0.15, 0.2) is 36.7 Å². The van der Waals surface area contributed by atoms with Crippen LogP contribution in [-0.2, 0) is 13.0 Å². The molecule has 0 aliphatic carbocycles. The van der Waals surface area contributed by atoms with Gasteiger partial charge in [0, 0.05) is 36.8 Å². The van der Waals surface area contributed by atoms with Crippen molar-refractivity contribution >= 4 is 5.65 Å². The van der Waals surface area contributed by atoms with Gasteiger partial charge in [-0.1, -0.05) is 31.2 Å². The summed E-state index contributed by atoms with van der Waals surface area (Å²) in [6, 6.07) is 8.48. The first-order chi connectivity index (χ1) is 12.6. The summed E-state index contributed by atoms with van der Waals surface area (Å²) in [5, 5.41) is 4.67. The van der Waals surface area contributed by atoms with Crippen LogP contribution >= 0.6 is 0 Å². The number of nitrogens with zero attached hydrogens (tertiary/aromatic N) is 6. The van der Waals surface area contributed by atoms with Crippen molar-refractivity contribution in [2.24, 2.45) is 0 Å². The van der Waals surface area contributed by atoms with Crippen LogP contribution in [-0.4, -0.2) is 29.1 Å². The zero-order chi connectivity index (χ0) is 17.8. The van der Waals surface area contributed by atoms with Gasteiger partial charge in [0.1, 0.15) is 5.82 Å². The first-order valence-electron chi connectivity index (χ1n) is 8.93. The van der Waals surface area contributed by atoms with E-state index >= 15 is 0 Å². The smallest absolute Gasteiger partial charge is 0.177 e. The molecule has 0 N–H and O–H groups in total. The van der Waals surface area contributed by atoms with Crippen molar-refractivity contribution in [2.75, 3.05) is 0 Å². The lowest BCUT2D eigenvalue weighted by Gasteiger charge is -2.05. The number of rotatable bonds is 3. The van der Waals surface area contributed by atoms with Crippen molar-refractivity contribution in [1.29, 1.82) is 0 Å². The highest BCUT2D eigenvalue weighted by Crippen LogP contribution is 2.32. The quantitative estimate of drug-likeness (QED) is 0.504. The third kappa shape index (κ3) is 2.25. The summed E-state index contributed by atoms with van der Waals surface area (Å²) in [4.78, 5) is 14.0. The molecule has 1 aromatic carbocycles. The van der Waals surface area contributed by atoms with Gasteiger partial charge in [-0.25, -0.2) is 14.5 Å². The highest BCUT2D eigenvalue weighted by Gasteiger charge is 2.23. The Kier molecular flexibility index (Phi) is 3.22. The Bertz CT molecular complexity index is 1100. The molecule has 5 rings (SSSR count). The topological polar surface area (TPSA) is 60.9 Å². The lowest BCUT2D eigenvalue weighted by molar-refractivity contribution is 0.693. The van der Waals surface area contributed by atoms with Crippen LogP contribution in [0.4, 0.5) is 0 Å². The fourth-order valence-corrected chi connectivity index (χ4v) is 3.67. The van der Waals surface area contributed by atoms with E-state index in [-0.39, 0.29) is 5.92 Å². The van der Waals surface area contributed by atoms with Gasteiger partial charge in [0.2, 0.25) is 0 Å². The predicted octanol–water partition coefficient (Wildman–Crippen LogP) is 3.31. The maximum absolute atomic E-state index is 4.91. The molecule has 4 heterocycles. The molecule has 0 fully saturated rings. The molecule has 4 aromatic rings. The third-order valence-corrected chi connectivity index (χ3v) is 5.14. The summed E-state index contributed by atoms with van der Waals surface area (Å²) >= 11 is 0. The molecule has 6 nitrogen and oxygen atoms in total. The van der Waals surface area contributed by atoms with E-state index in [4.69, 9.17) is 9.97 Å². The largest absolute Gasteiger partial charge is 0.326 e. The van der Waals surface area contributed by atoms with Crippen LogP contribution in [0.5, 0.6) is 0 Å². The number of aryl methyl sites for hydroxylation is 2. The highest BCUT2D eigenvalue weighted by molar-refractivity contribution is 5.65. The van der Waals surface area contributed by atoms with Gasteiger partial charge in [0.25, 0.3) is 0 Å². The third-order valence-electron chi connectivity index (χ3n) is 5.14. The van der Waals surface area contributed by atoms with Crippen molar-refractivity contribution in [3.8, 4) is 11.4 Å². The molecule has 6 heteroatoms. The minimum absolute atomic E-state index is 0.256. The fourth-order valence-electron chi connectivity index (χ4n) is 3.67. The Morgan fingerprint density at radius 3 is 2.85 bits per heavy atom. The second kappa shape index (κ2) is 5.49. The lowest BCUT2D eigenvalue weighted by atomic mass is 10.0. The van der Waals surface area contributed by atoms with Gasteiger partial charge >= 0.3 is 0 Å². The summed E-state index contributed by atoms with van der Waals surface area (Å²) in [5.74, 6) is 2.16. The summed E-state index contributed by atoms with van der Waals surface area (Å²) in [7, 11) is 0. The first-order valence-corrected chi connectivity index (χ1v) is 8.93. The molecule has 0 amide bonds. The maximum Gasteiger partial charge on any atom is 0.177 e. The standard InChI is InChI=1S/C20H20N6/c1-12(8-18-23-19-14(3)21-9-13(2)26(19)24-18)17-11-25-10-15-6-4-5-7-16(15)20(25)22-17/h4-7,9,11-12H,8,10H2,1-3H3. The van der Waals surface area contributed by atoms with E-state index < -0.39 is 0 Å². The number of fused-ring (bicyclic) bond motifs is 4. The molecule has 0 saturated heterocycles. The van der Waals surface area contributed by atoms with Crippen molar-refractivity contribution in [1.82, 2.24) is 29.1 Å². The van der Waals surface area contributed by atoms with Crippen LogP contribution in [0.3, 0.4) is 0 Å². The molecule has 1 atom stereocenters. The van der Waals surface area contributed by atoms with Gasteiger partial charge in [-0.05, 0) is 19.4 Å². The van der Waals surface area contributed by atoms with Crippen molar-refractivity contribution in [2.45, 2.75) is 39.7 Å². The van der Waals surface area contributed by atoms with Gasteiger partial charge in [-0.3, -0.25) is 4.98 Å². The molecule has 26 heavy (non-hydrogen) atoms. The molecular formula is C20H20N6. The van der Waals surface area contributed by atoms with Crippen molar-refractivity contribution in [3.05, 3.63) is 65.1 Å². The Morgan fingerprint density at radius 2 is 2.00 bits per heavy atom. The van der Waals surface area contributed by atoms with Gasteiger partial charge in [-0.15, -0.1) is 0 Å². The van der Waals surface area contributed by atoms with Crippen LogP contribution in [0.1, 0.15) is 41.3 Å². The number of hydrogen-bond acceptors (Lipinski definition) is 4. The SMILES string of the molecule is Cc1ncc(C)n2nc(CC(C)c3cn4c(n3)-c3ccccc3C4)nc12. The summed E-state index contributed by atoms with van der Waals surface area (Å²) in [5.41, 5.74) is 6.42. The normalized spacial score (nSPS) is 13.8. The molecule has 0 bridgehead atoms. The van der Waals surface area contributed by atoms with E-state index in [0.717, 1.165) is 47.3 Å². The zero-order valence-electron chi connectivity index (χ0n) is 15.1. The van der Waals surface area contributed by atoms with E-state index in [2.05, 4.69) is 52.0 Å². The highest BCUT2D eigenvalue weighted by atomic mass is 15.3. The average molecular weight is 344 g/mol. The number of benzene rings is 1. The Labute approximate surface area is 151 Å². The summed E-state index contributed by atoms with van der Waals surface area (Å²) in [6.45, 7) is 7.06. The van der Waals surface area contributed by atoms with Crippen molar-refractivity contribution < 1.29 is 0 Å². The number of aromatic nitrogens is 6. The molecule has 1 unspecified atom stereocenters. The van der Waals surface area contributed by atoms with Crippen LogP contribution in [0, 0.1) is 13.8 Å². The molecule has 0 spiro atoms. The second-order valence-corrected chi connectivity index (χ2v) is 7.13. The molecule has 1 aliphatic heterocycles. The lowest BCUT2D eigenvalue weighted by Crippen LogP contribution is -2.02. The van der Waals surface area contributed by atoms with E-state index in [1.165, 1.54) is 11.1 Å². The second-order valence-electron chi connectivity index (χ2n) is 7.13. The summed E-state index contributed by atoms with van der Waals surface area (Å²) in [6.07, 6.45) is 4.77. The molecular weight excluding hydrogens is 324 g/mol. The van der Waals surface area contributed by atoms with Crippen LogP contribution in [0.2, 0.25) is 0 Å². The minimum Gasteiger partial charge on any atom is -0.326 e. The van der Waals surface area contributed by atoms with E-state index in [1.807, 2.05) is 24.6 Å². The molecule has 3 aromatic heterocycles. The van der Waals surface area contributed by atoms with Gasteiger partial charge < -0.3 is 4.57 Å². The summed E-state index contributed by atoms with van der Waals surface area (Å²) < 4.78 is 4.12. The number of imidazole rings is 1. The Balaban J connectivity index is 1.45. The van der Waals surface area contributed by atoms with Gasteiger partial charge in [0.15, 0.2) is 11.5 Å². The average Bonchev–Trinajstić information content (AvgIpc) is 3.30. The minimum atomic E-state index is 0.256. The van der Waals surface area contributed by atoms with E-state index in [1.54, 1.807) is 0 Å². The van der Waals surface area contributed by atoms with E-state index in [9.17, 15) is 0 Å².